The van der Waals surface area contributed by atoms with Gasteiger partial charge in [0, 0.05) is 31.4 Å². The molecule has 2 amide bonds. The lowest BCUT2D eigenvalue weighted by atomic mass is 9.97. The molecule has 0 radical (unpaired) electrons. The zero-order chi connectivity index (χ0) is 18.4. The Hall–Kier alpha value is -0.950. The van der Waals surface area contributed by atoms with Crippen LogP contribution in [0.25, 0.3) is 0 Å². The number of hydrogen-bond acceptors (Lipinski definition) is 5. The number of thioether (sulfide) groups is 1. The Morgan fingerprint density at radius 3 is 2.72 bits per heavy atom. The van der Waals surface area contributed by atoms with Crippen LogP contribution in [-0.4, -0.2) is 78.2 Å². The normalized spacial score (nSPS) is 24.4. The van der Waals surface area contributed by atoms with E-state index in [-0.39, 0.29) is 12.5 Å². The second-order valence-electron chi connectivity index (χ2n) is 8.16. The van der Waals surface area contributed by atoms with Crippen LogP contribution in [0.2, 0.25) is 0 Å². The first-order valence-corrected chi connectivity index (χ1v) is 10.4. The third kappa shape index (κ3) is 7.05. The SMILES string of the molecule is CN(C[C@@H]1CCCN(C(=O)CNC(=O)OC(C)(C)C)C1)[C@H]1CCSC1. The van der Waals surface area contributed by atoms with Crippen molar-refractivity contribution in [3.63, 3.8) is 0 Å². The molecule has 0 saturated carbocycles. The van der Waals surface area contributed by atoms with Crippen LogP contribution in [0, 0.1) is 5.92 Å². The summed E-state index contributed by atoms with van der Waals surface area (Å²) in [6.07, 6.45) is 2.95. The maximum Gasteiger partial charge on any atom is 0.408 e. The first-order chi connectivity index (χ1) is 11.7. The van der Waals surface area contributed by atoms with E-state index in [0.29, 0.717) is 12.0 Å². The molecule has 2 rings (SSSR count). The zero-order valence-electron chi connectivity index (χ0n) is 16.0. The average molecular weight is 372 g/mol. The first kappa shape index (κ1) is 20.4. The van der Waals surface area contributed by atoms with Crippen molar-refractivity contribution < 1.29 is 14.3 Å². The molecule has 0 aromatic rings. The van der Waals surface area contributed by atoms with Crippen molar-refractivity contribution in [3.05, 3.63) is 0 Å². The maximum absolute atomic E-state index is 12.4. The number of nitrogens with one attached hydrogen (secondary N) is 1. The monoisotopic (exact) mass is 371 g/mol. The molecule has 7 heteroatoms. The molecule has 2 saturated heterocycles. The van der Waals surface area contributed by atoms with Crippen LogP contribution in [0.3, 0.4) is 0 Å². The lowest BCUT2D eigenvalue weighted by molar-refractivity contribution is -0.132. The number of alkyl carbamates (subject to hydrolysis) is 1. The van der Waals surface area contributed by atoms with E-state index in [1.165, 1.54) is 24.3 Å². The highest BCUT2D eigenvalue weighted by atomic mass is 32.2. The molecule has 0 aliphatic carbocycles. The summed E-state index contributed by atoms with van der Waals surface area (Å²) < 4.78 is 5.18. The minimum atomic E-state index is -0.549. The van der Waals surface area contributed by atoms with E-state index in [1.54, 1.807) is 0 Å². The van der Waals surface area contributed by atoms with Crippen molar-refractivity contribution in [1.29, 1.82) is 0 Å². The Morgan fingerprint density at radius 1 is 1.32 bits per heavy atom. The van der Waals surface area contributed by atoms with Crippen LogP contribution in [-0.2, 0) is 9.53 Å². The van der Waals surface area contributed by atoms with Crippen molar-refractivity contribution in [2.45, 2.75) is 51.7 Å². The molecule has 0 spiro atoms. The molecule has 0 aromatic heterocycles. The van der Waals surface area contributed by atoms with Gasteiger partial charge in [-0.1, -0.05) is 0 Å². The second kappa shape index (κ2) is 9.12. The van der Waals surface area contributed by atoms with Crippen LogP contribution in [0.1, 0.15) is 40.0 Å². The molecule has 144 valence electrons. The first-order valence-electron chi connectivity index (χ1n) is 9.27. The number of carbonyl (C=O) groups is 2. The highest BCUT2D eigenvalue weighted by Gasteiger charge is 2.28. The summed E-state index contributed by atoms with van der Waals surface area (Å²) in [5.74, 6) is 3.00. The van der Waals surface area contributed by atoms with Crippen molar-refractivity contribution >= 4 is 23.8 Å². The van der Waals surface area contributed by atoms with Gasteiger partial charge in [-0.25, -0.2) is 4.79 Å². The van der Waals surface area contributed by atoms with Gasteiger partial charge >= 0.3 is 6.09 Å². The molecule has 2 aliphatic heterocycles. The summed E-state index contributed by atoms with van der Waals surface area (Å²) in [6, 6.07) is 0.685. The smallest absolute Gasteiger partial charge is 0.408 e. The third-order valence-corrected chi connectivity index (χ3v) is 5.87. The van der Waals surface area contributed by atoms with Gasteiger partial charge in [-0.05, 0) is 58.8 Å². The predicted molar refractivity (Wildman–Crippen MR) is 102 cm³/mol. The van der Waals surface area contributed by atoms with Crippen molar-refractivity contribution in [2.24, 2.45) is 5.92 Å². The highest BCUT2D eigenvalue weighted by molar-refractivity contribution is 7.99. The summed E-state index contributed by atoms with van der Waals surface area (Å²) in [5, 5.41) is 2.57. The molecular formula is C18H33N3O3S. The Bertz CT molecular complexity index is 461. The van der Waals surface area contributed by atoms with E-state index in [1.807, 2.05) is 37.4 Å². The fourth-order valence-electron chi connectivity index (χ4n) is 3.44. The maximum atomic E-state index is 12.4. The van der Waals surface area contributed by atoms with Gasteiger partial charge < -0.3 is 19.9 Å². The number of carbonyl (C=O) groups excluding carboxylic acids is 2. The van der Waals surface area contributed by atoms with E-state index in [9.17, 15) is 9.59 Å². The van der Waals surface area contributed by atoms with Crippen LogP contribution in [0.5, 0.6) is 0 Å². The summed E-state index contributed by atoms with van der Waals surface area (Å²) >= 11 is 2.03. The topological polar surface area (TPSA) is 61.9 Å². The molecule has 2 atom stereocenters. The lowest BCUT2D eigenvalue weighted by Crippen LogP contribution is -2.48. The van der Waals surface area contributed by atoms with Gasteiger partial charge in [-0.3, -0.25) is 4.79 Å². The molecular weight excluding hydrogens is 338 g/mol. The Morgan fingerprint density at radius 2 is 2.08 bits per heavy atom. The van der Waals surface area contributed by atoms with Gasteiger partial charge in [0.1, 0.15) is 12.1 Å². The third-order valence-electron chi connectivity index (χ3n) is 4.73. The quantitative estimate of drug-likeness (QED) is 0.803. The van der Waals surface area contributed by atoms with E-state index in [2.05, 4.69) is 17.3 Å². The van der Waals surface area contributed by atoms with E-state index >= 15 is 0 Å². The largest absolute Gasteiger partial charge is 0.444 e. The van der Waals surface area contributed by atoms with Gasteiger partial charge in [0.15, 0.2) is 0 Å². The minimum absolute atomic E-state index is 0.0107. The molecule has 0 unspecified atom stereocenters. The van der Waals surface area contributed by atoms with Crippen molar-refractivity contribution in [1.82, 2.24) is 15.1 Å². The van der Waals surface area contributed by atoms with Gasteiger partial charge in [0.2, 0.25) is 5.91 Å². The average Bonchev–Trinajstić information content (AvgIpc) is 3.06. The molecule has 2 heterocycles. The molecule has 1 N–H and O–H groups in total. The van der Waals surface area contributed by atoms with E-state index < -0.39 is 11.7 Å². The van der Waals surface area contributed by atoms with Gasteiger partial charge in [0.05, 0.1) is 0 Å². The Labute approximate surface area is 156 Å². The number of nitrogens with zero attached hydrogens (tertiary/aromatic N) is 2. The fourth-order valence-corrected chi connectivity index (χ4v) is 4.74. The molecule has 0 bridgehead atoms. The van der Waals surface area contributed by atoms with Crippen LogP contribution < -0.4 is 5.32 Å². The van der Waals surface area contributed by atoms with Crippen LogP contribution in [0.15, 0.2) is 0 Å². The number of ether oxygens (including phenoxy) is 1. The van der Waals surface area contributed by atoms with Crippen LogP contribution in [0.4, 0.5) is 4.79 Å². The molecule has 2 aliphatic rings. The van der Waals surface area contributed by atoms with Gasteiger partial charge in [-0.2, -0.15) is 11.8 Å². The Balaban J connectivity index is 1.73. The number of piperidine rings is 1. The number of hydrogen-bond donors (Lipinski definition) is 1. The number of likely N-dealkylation sites (tertiary alicyclic amines) is 1. The van der Waals surface area contributed by atoms with Crippen molar-refractivity contribution in [3.8, 4) is 0 Å². The standard InChI is InChI=1S/C18H33N3O3S/c1-18(2,3)24-17(23)19-10-16(22)21-8-5-6-14(12-21)11-20(4)15-7-9-25-13-15/h14-15H,5-13H2,1-4H3,(H,19,23)/t14-,15-/m0/s1. The summed E-state index contributed by atoms with van der Waals surface area (Å²) in [7, 11) is 2.21. The highest BCUT2D eigenvalue weighted by Crippen LogP contribution is 2.24. The number of rotatable bonds is 5. The number of amides is 2. The molecule has 2 fully saturated rings. The Kier molecular flexibility index (Phi) is 7.43. The summed E-state index contributed by atoms with van der Waals surface area (Å²) in [6.45, 7) is 8.06. The summed E-state index contributed by atoms with van der Waals surface area (Å²) in [4.78, 5) is 28.4. The molecule has 25 heavy (non-hydrogen) atoms. The van der Waals surface area contributed by atoms with Crippen molar-refractivity contribution in [2.75, 3.05) is 44.7 Å². The van der Waals surface area contributed by atoms with Gasteiger partial charge in [0.25, 0.3) is 0 Å². The molecule has 0 aromatic carbocycles. The second-order valence-corrected chi connectivity index (χ2v) is 9.31. The zero-order valence-corrected chi connectivity index (χ0v) is 16.9. The van der Waals surface area contributed by atoms with E-state index in [0.717, 1.165) is 26.1 Å². The van der Waals surface area contributed by atoms with Gasteiger partial charge in [-0.15, -0.1) is 0 Å². The predicted octanol–water partition coefficient (Wildman–Crippen LogP) is 2.19. The van der Waals surface area contributed by atoms with Crippen LogP contribution >= 0.6 is 11.8 Å². The summed E-state index contributed by atoms with van der Waals surface area (Å²) in [5.41, 5.74) is -0.549. The fraction of sp³-hybridized carbons (Fsp3) is 0.889. The van der Waals surface area contributed by atoms with E-state index in [4.69, 9.17) is 4.74 Å². The molecule has 6 nitrogen and oxygen atoms in total. The minimum Gasteiger partial charge on any atom is -0.444 e. The lowest BCUT2D eigenvalue weighted by Gasteiger charge is -2.36.